The molecule has 2 aliphatic heterocycles. The summed E-state index contributed by atoms with van der Waals surface area (Å²) >= 11 is 0. The molecule has 1 N–H and O–H groups in total. The number of benzene rings is 1. The molecule has 1 atom stereocenters. The van der Waals surface area contributed by atoms with Crippen LogP contribution in [0.2, 0.25) is 0 Å². The van der Waals surface area contributed by atoms with Crippen LogP contribution in [0.15, 0.2) is 24.3 Å². The van der Waals surface area contributed by atoms with Crippen LogP contribution < -0.4 is 10.2 Å². The van der Waals surface area contributed by atoms with Crippen LogP contribution in [-0.4, -0.2) is 66.6 Å². The van der Waals surface area contributed by atoms with Crippen LogP contribution in [0.1, 0.15) is 34.1 Å². The Labute approximate surface area is 159 Å². The van der Waals surface area contributed by atoms with Gasteiger partial charge in [0, 0.05) is 19.5 Å². The average Bonchev–Trinajstić information content (AvgIpc) is 3.01. The summed E-state index contributed by atoms with van der Waals surface area (Å²) in [6.45, 7) is 8.24. The zero-order valence-corrected chi connectivity index (χ0v) is 16.4. The number of ether oxygens (including phenoxy) is 1. The predicted molar refractivity (Wildman–Crippen MR) is 99.7 cm³/mol. The third-order valence-electron chi connectivity index (χ3n) is 5.57. The van der Waals surface area contributed by atoms with E-state index in [2.05, 4.69) is 0 Å². The highest BCUT2D eigenvalue weighted by Gasteiger charge is 2.51. The van der Waals surface area contributed by atoms with Crippen LogP contribution >= 0.6 is 0 Å². The van der Waals surface area contributed by atoms with Gasteiger partial charge in [-0.3, -0.25) is 4.90 Å². The molecule has 5 nitrogen and oxygen atoms in total. The van der Waals surface area contributed by atoms with Crippen molar-refractivity contribution in [3.63, 3.8) is 0 Å². The number of hydrogen-bond donors (Lipinski definition) is 1. The molecule has 8 heteroatoms. The van der Waals surface area contributed by atoms with Gasteiger partial charge in [-0.2, -0.15) is 0 Å². The van der Waals surface area contributed by atoms with Gasteiger partial charge in [-0.1, -0.05) is 12.1 Å². The van der Waals surface area contributed by atoms with E-state index in [1.54, 1.807) is 17.0 Å². The highest BCUT2D eigenvalue weighted by atomic mass is 19.3. The molecule has 0 saturated carbocycles. The fraction of sp³-hybridized carbons (Fsp3) is 0.684. The summed E-state index contributed by atoms with van der Waals surface area (Å²) in [7, 11) is -0.438. The molecule has 1 unspecified atom stereocenters. The molecular formula is C19H28BF2NO4. The Balaban J connectivity index is 1.48. The van der Waals surface area contributed by atoms with Crippen molar-refractivity contribution in [3.05, 3.63) is 24.3 Å². The van der Waals surface area contributed by atoms with E-state index in [1.165, 1.54) is 0 Å². The number of alkyl halides is 2. The molecule has 0 spiro atoms. The molecule has 0 radical (unpaired) electrons. The molecule has 2 heterocycles. The van der Waals surface area contributed by atoms with E-state index in [1.807, 2.05) is 39.8 Å². The second kappa shape index (κ2) is 7.31. The molecular weight excluding hydrogens is 355 g/mol. The van der Waals surface area contributed by atoms with Crippen molar-refractivity contribution in [1.29, 1.82) is 0 Å². The summed E-state index contributed by atoms with van der Waals surface area (Å²) in [6, 6.07) is 7.31. The molecule has 0 aliphatic carbocycles. The number of rotatable bonds is 6. The quantitative estimate of drug-likeness (QED) is 0.763. The molecule has 2 saturated heterocycles. The maximum atomic E-state index is 13.2. The number of aliphatic hydroxyl groups excluding tert-OH is 1. The summed E-state index contributed by atoms with van der Waals surface area (Å²) < 4.78 is 44.0. The summed E-state index contributed by atoms with van der Waals surface area (Å²) in [6.07, 6.45) is -0.970. The Kier molecular flexibility index (Phi) is 5.56. The van der Waals surface area contributed by atoms with Gasteiger partial charge in [-0.25, -0.2) is 8.78 Å². The van der Waals surface area contributed by atoms with E-state index < -0.39 is 30.3 Å². The van der Waals surface area contributed by atoms with Crippen molar-refractivity contribution in [2.75, 3.05) is 26.2 Å². The van der Waals surface area contributed by atoms with Crippen molar-refractivity contribution in [2.24, 2.45) is 0 Å². The van der Waals surface area contributed by atoms with E-state index in [0.29, 0.717) is 12.3 Å². The first kappa shape index (κ1) is 20.5. The van der Waals surface area contributed by atoms with Gasteiger partial charge in [0.1, 0.15) is 18.5 Å². The number of β-amino-alcohol motifs (C(OH)–C–C–N with tert-alkyl or cyclic N) is 1. The average molecular weight is 383 g/mol. The first-order chi connectivity index (χ1) is 12.5. The Bertz CT molecular complexity index is 638. The molecule has 0 amide bonds. The van der Waals surface area contributed by atoms with Crippen molar-refractivity contribution in [2.45, 2.75) is 57.3 Å². The number of aliphatic hydroxyl groups is 1. The van der Waals surface area contributed by atoms with Crippen LogP contribution in [-0.2, 0) is 9.31 Å². The number of nitrogens with zero attached hydrogens (tertiary/aromatic N) is 1. The molecule has 2 fully saturated rings. The SMILES string of the molecule is CC1(C)OB(c2ccc(OCC(O)CN3CCC(F)(F)C3)cc2)OC1(C)C. The summed E-state index contributed by atoms with van der Waals surface area (Å²) in [4.78, 5) is 1.56. The van der Waals surface area contributed by atoms with Crippen LogP contribution in [0.25, 0.3) is 0 Å². The van der Waals surface area contributed by atoms with E-state index in [0.717, 1.165) is 5.46 Å². The summed E-state index contributed by atoms with van der Waals surface area (Å²) in [5, 5.41) is 10.0. The Hall–Kier alpha value is -1.22. The van der Waals surface area contributed by atoms with Gasteiger partial charge in [-0.15, -0.1) is 0 Å². The van der Waals surface area contributed by atoms with Crippen molar-refractivity contribution in [1.82, 2.24) is 4.90 Å². The Morgan fingerprint density at radius 3 is 2.26 bits per heavy atom. The van der Waals surface area contributed by atoms with Crippen LogP contribution in [0.3, 0.4) is 0 Å². The van der Waals surface area contributed by atoms with Crippen molar-refractivity contribution < 1.29 is 27.9 Å². The Morgan fingerprint density at radius 2 is 1.74 bits per heavy atom. The van der Waals surface area contributed by atoms with Gasteiger partial charge in [0.05, 0.1) is 17.7 Å². The zero-order valence-electron chi connectivity index (χ0n) is 16.4. The standard InChI is InChI=1S/C19H28BF2NO4/c1-17(2)18(3,4)27-20(26-17)14-5-7-16(8-6-14)25-12-15(24)11-23-10-9-19(21,22)13-23/h5-8,15,24H,9-13H2,1-4H3. The monoisotopic (exact) mass is 383 g/mol. The van der Waals surface area contributed by atoms with E-state index in [-0.39, 0.29) is 26.1 Å². The summed E-state index contributed by atoms with van der Waals surface area (Å²) in [5.74, 6) is -2.05. The lowest BCUT2D eigenvalue weighted by Gasteiger charge is -2.32. The Morgan fingerprint density at radius 1 is 1.15 bits per heavy atom. The molecule has 1 aromatic carbocycles. The minimum Gasteiger partial charge on any atom is -0.491 e. The minimum atomic E-state index is -2.65. The highest BCUT2D eigenvalue weighted by molar-refractivity contribution is 6.62. The van der Waals surface area contributed by atoms with Gasteiger partial charge in [0.2, 0.25) is 0 Å². The molecule has 3 rings (SSSR count). The largest absolute Gasteiger partial charge is 0.494 e. The smallest absolute Gasteiger partial charge is 0.491 e. The number of halogens is 2. The fourth-order valence-electron chi connectivity index (χ4n) is 3.21. The molecule has 0 aromatic heterocycles. The number of likely N-dealkylation sites (tertiary alicyclic amines) is 1. The molecule has 0 bridgehead atoms. The van der Waals surface area contributed by atoms with Gasteiger partial charge in [0.15, 0.2) is 0 Å². The van der Waals surface area contributed by atoms with Crippen molar-refractivity contribution >= 4 is 12.6 Å². The maximum absolute atomic E-state index is 13.2. The van der Waals surface area contributed by atoms with Gasteiger partial charge >= 0.3 is 7.12 Å². The zero-order chi connectivity index (χ0) is 19.9. The maximum Gasteiger partial charge on any atom is 0.494 e. The van der Waals surface area contributed by atoms with Crippen LogP contribution in [0, 0.1) is 0 Å². The molecule has 2 aliphatic rings. The molecule has 150 valence electrons. The minimum absolute atomic E-state index is 0.0535. The normalized spacial score (nSPS) is 24.9. The fourth-order valence-corrected chi connectivity index (χ4v) is 3.21. The van der Waals surface area contributed by atoms with Gasteiger partial charge < -0.3 is 19.2 Å². The summed E-state index contributed by atoms with van der Waals surface area (Å²) in [5.41, 5.74) is 0.0907. The second-order valence-electron chi connectivity index (χ2n) is 8.46. The lowest BCUT2D eigenvalue weighted by molar-refractivity contribution is 0.00460. The van der Waals surface area contributed by atoms with Gasteiger partial charge in [-0.05, 0) is 45.3 Å². The van der Waals surface area contributed by atoms with Crippen LogP contribution in [0.4, 0.5) is 8.78 Å². The predicted octanol–water partition coefficient (Wildman–Crippen LogP) is 2.07. The molecule has 27 heavy (non-hydrogen) atoms. The van der Waals surface area contributed by atoms with Gasteiger partial charge in [0.25, 0.3) is 5.92 Å². The highest BCUT2D eigenvalue weighted by Crippen LogP contribution is 2.36. The van der Waals surface area contributed by atoms with E-state index in [4.69, 9.17) is 14.0 Å². The van der Waals surface area contributed by atoms with Crippen LogP contribution in [0.5, 0.6) is 5.75 Å². The third-order valence-corrected chi connectivity index (χ3v) is 5.57. The van der Waals surface area contributed by atoms with Crippen molar-refractivity contribution in [3.8, 4) is 5.75 Å². The first-order valence-corrected chi connectivity index (χ1v) is 9.34. The number of hydrogen-bond acceptors (Lipinski definition) is 5. The lowest BCUT2D eigenvalue weighted by atomic mass is 9.79. The molecule has 1 aromatic rings. The third kappa shape index (κ3) is 4.80. The first-order valence-electron chi connectivity index (χ1n) is 9.34. The topological polar surface area (TPSA) is 51.2 Å². The lowest BCUT2D eigenvalue weighted by Crippen LogP contribution is -2.41. The second-order valence-corrected chi connectivity index (χ2v) is 8.46. The van der Waals surface area contributed by atoms with E-state index >= 15 is 0 Å². The van der Waals surface area contributed by atoms with E-state index in [9.17, 15) is 13.9 Å².